The minimum atomic E-state index is -0.380. The van der Waals surface area contributed by atoms with Gasteiger partial charge in [0.15, 0.2) is 5.65 Å². The molecule has 1 aliphatic rings. The van der Waals surface area contributed by atoms with Crippen molar-refractivity contribution >= 4 is 34.2 Å². The van der Waals surface area contributed by atoms with Crippen molar-refractivity contribution in [2.45, 2.75) is 40.0 Å². The average molecular weight is 398 g/mol. The Kier molecular flexibility index (Phi) is 4.66. The SMILES string of the molecule is Cc1cc(C(=O)NNC(=O)c2cc3c(s2)CCC(C)C3)c2c(C)nn(C)c2n1. The molecule has 146 valence electrons. The van der Waals surface area contributed by atoms with Crippen LogP contribution in [0.4, 0.5) is 0 Å². The van der Waals surface area contributed by atoms with Gasteiger partial charge in [0.05, 0.1) is 21.5 Å². The van der Waals surface area contributed by atoms with E-state index in [2.05, 4.69) is 27.9 Å². The fourth-order valence-corrected chi connectivity index (χ4v) is 4.91. The van der Waals surface area contributed by atoms with Crippen LogP contribution in [0.15, 0.2) is 12.1 Å². The van der Waals surface area contributed by atoms with Gasteiger partial charge in [-0.3, -0.25) is 25.1 Å². The number of carbonyl (C=O) groups is 2. The van der Waals surface area contributed by atoms with Gasteiger partial charge >= 0.3 is 0 Å². The molecular weight excluding hydrogens is 374 g/mol. The maximum Gasteiger partial charge on any atom is 0.279 e. The fourth-order valence-electron chi connectivity index (χ4n) is 3.81. The van der Waals surface area contributed by atoms with E-state index in [1.807, 2.05) is 19.9 Å². The van der Waals surface area contributed by atoms with Crippen LogP contribution in [0.3, 0.4) is 0 Å². The van der Waals surface area contributed by atoms with Crippen LogP contribution in [-0.4, -0.2) is 26.6 Å². The second-order valence-electron chi connectivity index (χ2n) is 7.53. The van der Waals surface area contributed by atoms with Gasteiger partial charge in [0, 0.05) is 17.6 Å². The number of rotatable bonds is 2. The lowest BCUT2D eigenvalue weighted by molar-refractivity contribution is 0.0849. The highest BCUT2D eigenvalue weighted by atomic mass is 32.1. The van der Waals surface area contributed by atoms with Gasteiger partial charge in [0.2, 0.25) is 0 Å². The van der Waals surface area contributed by atoms with Crippen molar-refractivity contribution in [2.24, 2.45) is 13.0 Å². The molecule has 0 saturated heterocycles. The Hall–Kier alpha value is -2.74. The Morgan fingerprint density at radius 1 is 1.21 bits per heavy atom. The summed E-state index contributed by atoms with van der Waals surface area (Å²) in [6.07, 6.45) is 3.20. The van der Waals surface area contributed by atoms with E-state index in [0.717, 1.165) is 25.0 Å². The van der Waals surface area contributed by atoms with Gasteiger partial charge in [0.1, 0.15) is 0 Å². The highest BCUT2D eigenvalue weighted by molar-refractivity contribution is 7.14. The summed E-state index contributed by atoms with van der Waals surface area (Å²) >= 11 is 1.52. The Labute approximate surface area is 167 Å². The van der Waals surface area contributed by atoms with Gasteiger partial charge in [-0.2, -0.15) is 5.10 Å². The molecule has 0 aromatic carbocycles. The molecule has 1 atom stereocenters. The van der Waals surface area contributed by atoms with E-state index in [1.54, 1.807) is 17.8 Å². The average Bonchev–Trinajstić information content (AvgIpc) is 3.19. The van der Waals surface area contributed by atoms with E-state index < -0.39 is 0 Å². The van der Waals surface area contributed by atoms with Crippen LogP contribution in [0.5, 0.6) is 0 Å². The van der Waals surface area contributed by atoms with Gasteiger partial charge in [-0.15, -0.1) is 11.3 Å². The molecule has 3 heterocycles. The fraction of sp³-hybridized carbons (Fsp3) is 0.400. The van der Waals surface area contributed by atoms with Crippen molar-refractivity contribution in [1.82, 2.24) is 25.6 Å². The van der Waals surface area contributed by atoms with Crippen molar-refractivity contribution in [2.75, 3.05) is 0 Å². The predicted molar refractivity (Wildman–Crippen MR) is 108 cm³/mol. The molecule has 0 bridgehead atoms. The number of amides is 2. The lowest BCUT2D eigenvalue weighted by Crippen LogP contribution is -2.41. The summed E-state index contributed by atoms with van der Waals surface area (Å²) in [7, 11) is 1.80. The Balaban J connectivity index is 1.52. The van der Waals surface area contributed by atoms with E-state index in [9.17, 15) is 9.59 Å². The molecule has 0 radical (unpaired) electrons. The summed E-state index contributed by atoms with van der Waals surface area (Å²) < 4.78 is 1.66. The molecule has 28 heavy (non-hydrogen) atoms. The number of carbonyl (C=O) groups excluding carboxylic acids is 2. The van der Waals surface area contributed by atoms with Crippen LogP contribution in [0.1, 0.15) is 55.2 Å². The molecule has 2 N–H and O–H groups in total. The summed E-state index contributed by atoms with van der Waals surface area (Å²) in [6, 6.07) is 3.67. The van der Waals surface area contributed by atoms with Crippen LogP contribution in [0, 0.1) is 19.8 Å². The van der Waals surface area contributed by atoms with Gasteiger partial charge in [-0.05, 0) is 56.7 Å². The van der Waals surface area contributed by atoms with E-state index in [0.29, 0.717) is 33.1 Å². The molecule has 4 rings (SSSR count). The number of hydrazine groups is 1. The lowest BCUT2D eigenvalue weighted by atomic mass is 9.90. The number of hydrogen-bond acceptors (Lipinski definition) is 5. The maximum absolute atomic E-state index is 12.8. The van der Waals surface area contributed by atoms with Crippen LogP contribution in [-0.2, 0) is 19.9 Å². The van der Waals surface area contributed by atoms with Crippen LogP contribution >= 0.6 is 11.3 Å². The predicted octanol–water partition coefficient (Wildman–Crippen LogP) is 2.85. The number of aryl methyl sites for hydroxylation is 4. The molecule has 1 unspecified atom stereocenters. The normalized spacial score (nSPS) is 16.1. The van der Waals surface area contributed by atoms with Crippen LogP contribution in [0.2, 0.25) is 0 Å². The number of thiophene rings is 1. The first-order chi connectivity index (χ1) is 13.3. The quantitative estimate of drug-likeness (QED) is 0.651. The molecule has 0 spiro atoms. The number of fused-ring (bicyclic) bond motifs is 2. The first-order valence-electron chi connectivity index (χ1n) is 9.36. The molecule has 8 heteroatoms. The molecule has 0 aliphatic heterocycles. The van der Waals surface area contributed by atoms with Crippen molar-refractivity contribution in [3.8, 4) is 0 Å². The Morgan fingerprint density at radius 2 is 1.96 bits per heavy atom. The number of pyridine rings is 1. The summed E-state index contributed by atoms with van der Waals surface area (Å²) in [6.45, 7) is 5.90. The highest BCUT2D eigenvalue weighted by Crippen LogP contribution is 2.32. The molecule has 1 aliphatic carbocycles. The summed E-state index contributed by atoms with van der Waals surface area (Å²) in [5.74, 6) is -0.0157. The summed E-state index contributed by atoms with van der Waals surface area (Å²) in [5, 5.41) is 5.04. The minimum absolute atomic E-state index is 0.287. The standard InChI is InChI=1S/C20H23N5O2S/c1-10-5-6-15-13(7-10)9-16(28-15)20(27)23-22-19(26)14-8-11(2)21-18-17(14)12(3)24-25(18)4/h8-10H,5-7H2,1-4H3,(H,22,26)(H,23,27). The van der Waals surface area contributed by atoms with E-state index in [1.165, 1.54) is 21.8 Å². The van der Waals surface area contributed by atoms with E-state index in [4.69, 9.17) is 0 Å². The van der Waals surface area contributed by atoms with Crippen LogP contribution in [0.25, 0.3) is 11.0 Å². The maximum atomic E-state index is 12.8. The van der Waals surface area contributed by atoms with Crippen molar-refractivity contribution < 1.29 is 9.59 Å². The Morgan fingerprint density at radius 3 is 2.75 bits per heavy atom. The van der Waals surface area contributed by atoms with E-state index in [-0.39, 0.29) is 11.8 Å². The first kappa shape index (κ1) is 18.6. The number of aromatic nitrogens is 3. The smallest absolute Gasteiger partial charge is 0.267 e. The van der Waals surface area contributed by atoms with Crippen molar-refractivity contribution in [3.63, 3.8) is 0 Å². The third-order valence-corrected chi connectivity index (χ3v) is 6.42. The minimum Gasteiger partial charge on any atom is -0.267 e. The molecule has 7 nitrogen and oxygen atoms in total. The molecule has 2 amide bonds. The van der Waals surface area contributed by atoms with Gasteiger partial charge < -0.3 is 0 Å². The largest absolute Gasteiger partial charge is 0.279 e. The molecular formula is C20H23N5O2S. The zero-order chi connectivity index (χ0) is 20.0. The zero-order valence-electron chi connectivity index (χ0n) is 16.4. The molecule has 3 aromatic heterocycles. The highest BCUT2D eigenvalue weighted by Gasteiger charge is 2.22. The Bertz CT molecular complexity index is 1100. The molecule has 3 aromatic rings. The van der Waals surface area contributed by atoms with Gasteiger partial charge in [-0.1, -0.05) is 6.92 Å². The van der Waals surface area contributed by atoms with Crippen molar-refractivity contribution in [1.29, 1.82) is 0 Å². The topological polar surface area (TPSA) is 88.9 Å². The third-order valence-electron chi connectivity index (χ3n) is 5.18. The number of nitrogens with zero attached hydrogens (tertiary/aromatic N) is 3. The lowest BCUT2D eigenvalue weighted by Gasteiger charge is -2.16. The summed E-state index contributed by atoms with van der Waals surface area (Å²) in [5.41, 5.74) is 8.90. The first-order valence-corrected chi connectivity index (χ1v) is 10.2. The summed E-state index contributed by atoms with van der Waals surface area (Å²) in [4.78, 5) is 31.7. The number of nitrogens with one attached hydrogen (secondary N) is 2. The van der Waals surface area contributed by atoms with Gasteiger partial charge in [0.25, 0.3) is 11.8 Å². The second kappa shape index (κ2) is 7.01. The van der Waals surface area contributed by atoms with Gasteiger partial charge in [-0.25, -0.2) is 4.98 Å². The third kappa shape index (κ3) is 3.28. The zero-order valence-corrected chi connectivity index (χ0v) is 17.2. The number of hydrogen-bond donors (Lipinski definition) is 2. The monoisotopic (exact) mass is 397 g/mol. The second-order valence-corrected chi connectivity index (χ2v) is 8.67. The van der Waals surface area contributed by atoms with E-state index >= 15 is 0 Å². The van der Waals surface area contributed by atoms with Crippen LogP contribution < -0.4 is 10.9 Å². The van der Waals surface area contributed by atoms with Crippen molar-refractivity contribution in [3.05, 3.63) is 44.4 Å². The molecule has 0 fully saturated rings. The molecule has 0 saturated carbocycles.